The van der Waals surface area contributed by atoms with Crippen LogP contribution in [0, 0.1) is 0 Å². The number of hydrogen-bond donors (Lipinski definition) is 1. The molecule has 0 atom stereocenters. The monoisotopic (exact) mass is 250 g/mol. The molecule has 1 aromatic carbocycles. The van der Waals surface area contributed by atoms with Crippen molar-refractivity contribution < 1.29 is 9.59 Å². The summed E-state index contributed by atoms with van der Waals surface area (Å²) in [6.45, 7) is 1.25. The molecular formula is C12H11ClN2O2. The zero-order valence-corrected chi connectivity index (χ0v) is 9.78. The first-order valence-corrected chi connectivity index (χ1v) is 5.56. The molecular weight excluding hydrogens is 240 g/mol. The van der Waals surface area contributed by atoms with Gasteiger partial charge in [0, 0.05) is 29.8 Å². The van der Waals surface area contributed by atoms with Gasteiger partial charge in [-0.05, 0) is 24.3 Å². The van der Waals surface area contributed by atoms with Gasteiger partial charge in [-0.25, -0.2) is 0 Å². The summed E-state index contributed by atoms with van der Waals surface area (Å²) in [6, 6.07) is 6.63. The molecule has 1 heterocycles. The number of allylic oxidation sites excluding steroid dienone is 1. The molecule has 1 N–H and O–H groups in total. The van der Waals surface area contributed by atoms with Gasteiger partial charge in [-0.3, -0.25) is 14.5 Å². The van der Waals surface area contributed by atoms with Crippen LogP contribution in [0.5, 0.6) is 0 Å². The number of nitrogens with zero attached hydrogens (tertiary/aromatic N) is 1. The van der Waals surface area contributed by atoms with Crippen LogP contribution < -0.4 is 5.32 Å². The summed E-state index contributed by atoms with van der Waals surface area (Å²) in [5.74, 6) is 0.387. The highest BCUT2D eigenvalue weighted by molar-refractivity contribution is 6.30. The summed E-state index contributed by atoms with van der Waals surface area (Å²) in [6.07, 6.45) is 2.13. The Hall–Kier alpha value is -1.81. The van der Waals surface area contributed by atoms with Gasteiger partial charge >= 0.3 is 0 Å². The topological polar surface area (TPSA) is 49.4 Å². The summed E-state index contributed by atoms with van der Waals surface area (Å²) in [5, 5.41) is 3.56. The van der Waals surface area contributed by atoms with E-state index in [4.69, 9.17) is 11.6 Å². The van der Waals surface area contributed by atoms with Gasteiger partial charge in [0.15, 0.2) is 5.78 Å². The number of ketones is 1. The van der Waals surface area contributed by atoms with E-state index in [1.807, 2.05) is 0 Å². The minimum Gasteiger partial charge on any atom is -0.369 e. The number of amides is 1. The van der Waals surface area contributed by atoms with Gasteiger partial charge in [-0.15, -0.1) is 0 Å². The van der Waals surface area contributed by atoms with Crippen LogP contribution in [-0.2, 0) is 4.79 Å². The third kappa shape index (κ3) is 2.65. The quantitative estimate of drug-likeness (QED) is 0.502. The largest absolute Gasteiger partial charge is 0.369 e. The molecule has 0 unspecified atom stereocenters. The molecule has 0 bridgehead atoms. The van der Waals surface area contributed by atoms with Gasteiger partial charge in [0.25, 0.3) is 0 Å². The summed E-state index contributed by atoms with van der Waals surface area (Å²) in [4.78, 5) is 24.0. The fourth-order valence-electron chi connectivity index (χ4n) is 1.59. The van der Waals surface area contributed by atoms with E-state index in [-0.39, 0.29) is 5.78 Å². The zero-order valence-electron chi connectivity index (χ0n) is 9.02. The van der Waals surface area contributed by atoms with E-state index in [0.717, 1.165) is 0 Å². The van der Waals surface area contributed by atoms with Crippen molar-refractivity contribution >= 4 is 23.8 Å². The second-order valence-electron chi connectivity index (χ2n) is 3.63. The molecule has 0 aromatic heterocycles. The first-order chi connectivity index (χ1) is 8.20. The van der Waals surface area contributed by atoms with E-state index in [9.17, 15) is 9.59 Å². The maximum absolute atomic E-state index is 11.9. The molecule has 1 amide bonds. The van der Waals surface area contributed by atoms with Crippen LogP contribution in [-0.4, -0.2) is 30.2 Å². The van der Waals surface area contributed by atoms with E-state index in [0.29, 0.717) is 35.9 Å². The molecule has 2 rings (SSSR count). The van der Waals surface area contributed by atoms with Crippen LogP contribution in [0.2, 0.25) is 5.02 Å². The van der Waals surface area contributed by atoms with Crippen LogP contribution in [0.15, 0.2) is 36.2 Å². The van der Waals surface area contributed by atoms with Crippen molar-refractivity contribution in [1.82, 2.24) is 10.2 Å². The lowest BCUT2D eigenvalue weighted by Crippen LogP contribution is -2.19. The van der Waals surface area contributed by atoms with E-state index in [2.05, 4.69) is 5.32 Å². The molecule has 1 fully saturated rings. The van der Waals surface area contributed by atoms with Crippen molar-refractivity contribution in [3.8, 4) is 0 Å². The average molecular weight is 251 g/mol. The number of halogens is 1. The van der Waals surface area contributed by atoms with E-state index in [1.54, 1.807) is 24.3 Å². The first-order valence-electron chi connectivity index (χ1n) is 5.18. The molecule has 1 aromatic rings. The molecule has 4 nitrogen and oxygen atoms in total. The number of carbonyl (C=O) groups excluding carboxylic acids is 2. The molecule has 88 valence electrons. The lowest BCUT2D eigenvalue weighted by Gasteiger charge is -2.08. The van der Waals surface area contributed by atoms with Crippen molar-refractivity contribution in [2.24, 2.45) is 0 Å². The molecule has 0 radical (unpaired) electrons. The zero-order chi connectivity index (χ0) is 12.3. The Kier molecular flexibility index (Phi) is 3.44. The highest BCUT2D eigenvalue weighted by Crippen LogP contribution is 2.12. The number of benzene rings is 1. The van der Waals surface area contributed by atoms with Crippen molar-refractivity contribution in [3.05, 3.63) is 46.7 Å². The normalized spacial score (nSPS) is 17.0. The van der Waals surface area contributed by atoms with Gasteiger partial charge < -0.3 is 5.32 Å². The fraction of sp³-hybridized carbons (Fsp3) is 0.167. The molecule has 5 heteroatoms. The molecule has 0 aliphatic carbocycles. The van der Waals surface area contributed by atoms with Crippen molar-refractivity contribution in [2.45, 2.75) is 0 Å². The van der Waals surface area contributed by atoms with Gasteiger partial charge in [0.05, 0.1) is 0 Å². The predicted octanol–water partition coefficient (Wildman–Crippen LogP) is 1.43. The van der Waals surface area contributed by atoms with Crippen LogP contribution in [0.25, 0.3) is 0 Å². The average Bonchev–Trinajstić information content (AvgIpc) is 2.77. The summed E-state index contributed by atoms with van der Waals surface area (Å²) < 4.78 is 0. The van der Waals surface area contributed by atoms with Crippen LogP contribution >= 0.6 is 11.6 Å². The van der Waals surface area contributed by atoms with Gasteiger partial charge in [-0.1, -0.05) is 11.6 Å². The smallest absolute Gasteiger partial charge is 0.215 e. The minimum absolute atomic E-state index is 0.155. The number of hydrogen-bond acceptors (Lipinski definition) is 3. The highest BCUT2D eigenvalue weighted by Gasteiger charge is 2.16. The SMILES string of the molecule is O=CN1CCN/C1=C/C(=O)c1ccc(Cl)cc1. The standard InChI is InChI=1S/C12H11ClN2O2/c13-10-3-1-9(2-4-10)11(17)7-12-14-5-6-15(12)8-16/h1-4,7-8,14H,5-6H2/b12-7-. The van der Waals surface area contributed by atoms with Crippen molar-refractivity contribution in [2.75, 3.05) is 13.1 Å². The van der Waals surface area contributed by atoms with Gasteiger partial charge in [-0.2, -0.15) is 0 Å². The maximum Gasteiger partial charge on any atom is 0.215 e. The lowest BCUT2D eigenvalue weighted by atomic mass is 10.1. The Balaban J connectivity index is 2.18. The van der Waals surface area contributed by atoms with E-state index >= 15 is 0 Å². The van der Waals surface area contributed by atoms with Gasteiger partial charge in [0.2, 0.25) is 6.41 Å². The predicted molar refractivity (Wildman–Crippen MR) is 64.6 cm³/mol. The van der Waals surface area contributed by atoms with E-state index in [1.165, 1.54) is 11.0 Å². The fourth-order valence-corrected chi connectivity index (χ4v) is 1.72. The molecule has 1 saturated heterocycles. The van der Waals surface area contributed by atoms with E-state index < -0.39 is 0 Å². The maximum atomic E-state index is 11.9. The Labute approximate surface area is 104 Å². The van der Waals surface area contributed by atoms with Gasteiger partial charge in [0.1, 0.15) is 5.82 Å². The highest BCUT2D eigenvalue weighted by atomic mass is 35.5. The van der Waals surface area contributed by atoms with Crippen LogP contribution in [0.4, 0.5) is 0 Å². The Morgan fingerprint density at radius 3 is 2.71 bits per heavy atom. The molecule has 0 saturated carbocycles. The van der Waals surface area contributed by atoms with Crippen LogP contribution in [0.1, 0.15) is 10.4 Å². The lowest BCUT2D eigenvalue weighted by molar-refractivity contribution is -0.115. The summed E-state index contributed by atoms with van der Waals surface area (Å²) in [5.41, 5.74) is 0.543. The third-order valence-corrected chi connectivity index (χ3v) is 2.74. The minimum atomic E-state index is -0.155. The number of rotatable bonds is 3. The Morgan fingerprint density at radius 2 is 2.06 bits per heavy atom. The second kappa shape index (κ2) is 5.01. The number of nitrogens with one attached hydrogen (secondary N) is 1. The molecule has 0 spiro atoms. The number of carbonyl (C=O) groups is 2. The third-order valence-electron chi connectivity index (χ3n) is 2.49. The molecule has 17 heavy (non-hydrogen) atoms. The summed E-state index contributed by atoms with van der Waals surface area (Å²) >= 11 is 5.74. The molecule has 1 aliphatic heterocycles. The van der Waals surface area contributed by atoms with Crippen molar-refractivity contribution in [1.29, 1.82) is 0 Å². The first kappa shape index (κ1) is 11.7. The van der Waals surface area contributed by atoms with Crippen molar-refractivity contribution in [3.63, 3.8) is 0 Å². The molecule has 1 aliphatic rings. The Bertz CT molecular complexity index is 468. The van der Waals surface area contributed by atoms with Crippen LogP contribution in [0.3, 0.4) is 0 Å². The second-order valence-corrected chi connectivity index (χ2v) is 4.06. The Morgan fingerprint density at radius 1 is 1.35 bits per heavy atom. The summed E-state index contributed by atoms with van der Waals surface area (Å²) in [7, 11) is 0.